The van der Waals surface area contributed by atoms with Crippen LogP contribution in [0.25, 0.3) is 4.85 Å². The molecule has 0 aliphatic rings. The lowest BCUT2D eigenvalue weighted by molar-refractivity contribution is 0.0503. The van der Waals surface area contributed by atoms with Crippen molar-refractivity contribution in [2.24, 2.45) is 5.92 Å². The molecule has 16 heavy (non-hydrogen) atoms. The highest BCUT2D eigenvalue weighted by Crippen LogP contribution is 2.09. The van der Waals surface area contributed by atoms with Crippen molar-refractivity contribution >= 4 is 6.09 Å². The second-order valence-electron chi connectivity index (χ2n) is 5.31. The van der Waals surface area contributed by atoms with Crippen LogP contribution in [0.1, 0.15) is 41.0 Å². The maximum absolute atomic E-state index is 11.5. The van der Waals surface area contributed by atoms with Crippen LogP contribution >= 0.6 is 0 Å². The molecule has 0 bridgehead atoms. The molecule has 1 atom stereocenters. The summed E-state index contributed by atoms with van der Waals surface area (Å²) in [5.74, 6) is 0.446. The Morgan fingerprint density at radius 2 is 2.00 bits per heavy atom. The first kappa shape index (κ1) is 14.8. The van der Waals surface area contributed by atoms with Crippen LogP contribution < -0.4 is 5.32 Å². The number of alkyl carbamates (subject to hydrolysis) is 1. The Labute approximate surface area is 98.2 Å². The molecule has 0 heterocycles. The predicted molar refractivity (Wildman–Crippen MR) is 64.1 cm³/mol. The number of carbonyl (C=O) groups excluding carboxylic acids is 1. The predicted octanol–water partition coefficient (Wildman–Crippen LogP) is 2.85. The molecule has 0 saturated carbocycles. The third kappa shape index (κ3) is 8.10. The van der Waals surface area contributed by atoms with Crippen molar-refractivity contribution < 1.29 is 9.53 Å². The summed E-state index contributed by atoms with van der Waals surface area (Å²) in [7, 11) is 0. The first-order valence-corrected chi connectivity index (χ1v) is 5.57. The molecule has 4 nitrogen and oxygen atoms in total. The number of amides is 1. The lowest BCUT2D eigenvalue weighted by Gasteiger charge is -2.22. The molecule has 0 aliphatic carbocycles. The molecule has 0 aliphatic heterocycles. The summed E-state index contributed by atoms with van der Waals surface area (Å²) in [5.41, 5.74) is -0.495. The lowest BCUT2D eigenvalue weighted by Crippen LogP contribution is -2.41. The average Bonchev–Trinajstić information content (AvgIpc) is 1.98. The summed E-state index contributed by atoms with van der Waals surface area (Å²) in [6.07, 6.45) is 0.350. The Morgan fingerprint density at radius 1 is 1.44 bits per heavy atom. The Bertz CT molecular complexity index is 261. The SMILES string of the molecule is [C-]#[N+]C[C@H](CC(C)C)NC(=O)OC(C)(C)C. The number of carbonyl (C=O) groups is 1. The Balaban J connectivity index is 4.19. The number of nitrogens with zero attached hydrogens (tertiary/aromatic N) is 1. The van der Waals surface area contributed by atoms with Crippen LogP contribution in [0, 0.1) is 12.5 Å². The molecule has 0 radical (unpaired) electrons. The van der Waals surface area contributed by atoms with Crippen molar-refractivity contribution in [3.05, 3.63) is 11.4 Å². The molecule has 0 aromatic heterocycles. The van der Waals surface area contributed by atoms with Gasteiger partial charge in [0.15, 0.2) is 0 Å². The van der Waals surface area contributed by atoms with E-state index in [1.807, 2.05) is 20.8 Å². The van der Waals surface area contributed by atoms with Gasteiger partial charge in [-0.05, 0) is 33.1 Å². The van der Waals surface area contributed by atoms with Gasteiger partial charge in [-0.3, -0.25) is 0 Å². The minimum atomic E-state index is -0.495. The van der Waals surface area contributed by atoms with Crippen LogP contribution in [0.15, 0.2) is 0 Å². The van der Waals surface area contributed by atoms with E-state index in [4.69, 9.17) is 11.3 Å². The highest BCUT2D eigenvalue weighted by molar-refractivity contribution is 5.68. The molecule has 0 fully saturated rings. The molecule has 0 spiro atoms. The van der Waals surface area contributed by atoms with Crippen molar-refractivity contribution in [1.82, 2.24) is 5.32 Å². The second-order valence-corrected chi connectivity index (χ2v) is 5.31. The number of rotatable bonds is 4. The molecular weight excluding hydrogens is 204 g/mol. The summed E-state index contributed by atoms with van der Waals surface area (Å²) in [5, 5.41) is 2.73. The standard InChI is InChI=1S/C12H22N2O2/c1-9(2)7-10(8-13-6)14-11(15)16-12(3,4)5/h9-10H,7-8H2,1-5H3,(H,14,15)/t10-/m0/s1. The Morgan fingerprint density at radius 3 is 2.38 bits per heavy atom. The fourth-order valence-electron chi connectivity index (χ4n) is 1.33. The van der Waals surface area contributed by atoms with E-state index in [-0.39, 0.29) is 6.04 Å². The fraction of sp³-hybridized carbons (Fsp3) is 0.833. The topological polar surface area (TPSA) is 42.7 Å². The molecule has 92 valence electrons. The largest absolute Gasteiger partial charge is 0.444 e. The van der Waals surface area contributed by atoms with Crippen molar-refractivity contribution in [1.29, 1.82) is 0 Å². The maximum atomic E-state index is 11.5. The van der Waals surface area contributed by atoms with Gasteiger partial charge in [-0.1, -0.05) is 13.8 Å². The molecule has 0 rings (SSSR count). The Hall–Kier alpha value is -1.24. The molecule has 0 saturated heterocycles. The van der Waals surface area contributed by atoms with Crippen LogP contribution in [0.3, 0.4) is 0 Å². The van der Waals surface area contributed by atoms with E-state index < -0.39 is 11.7 Å². The maximum Gasteiger partial charge on any atom is 0.408 e. The van der Waals surface area contributed by atoms with Crippen LogP contribution in [-0.4, -0.2) is 24.3 Å². The number of ether oxygens (including phenoxy) is 1. The normalized spacial score (nSPS) is 13.1. The van der Waals surface area contributed by atoms with E-state index in [9.17, 15) is 4.79 Å². The van der Waals surface area contributed by atoms with Crippen LogP contribution in [-0.2, 0) is 4.74 Å². The van der Waals surface area contributed by atoms with Gasteiger partial charge in [-0.25, -0.2) is 11.4 Å². The van der Waals surface area contributed by atoms with Gasteiger partial charge in [-0.2, -0.15) is 0 Å². The molecule has 0 aromatic rings. The number of hydrogen-bond donors (Lipinski definition) is 1. The highest BCUT2D eigenvalue weighted by atomic mass is 16.6. The number of hydrogen-bond acceptors (Lipinski definition) is 2. The summed E-state index contributed by atoms with van der Waals surface area (Å²) in [6, 6.07) is -0.118. The second kappa shape index (κ2) is 6.37. The van der Waals surface area contributed by atoms with E-state index >= 15 is 0 Å². The van der Waals surface area contributed by atoms with E-state index in [0.29, 0.717) is 12.5 Å². The first-order valence-electron chi connectivity index (χ1n) is 5.57. The van der Waals surface area contributed by atoms with E-state index in [1.54, 1.807) is 0 Å². The molecule has 0 aromatic carbocycles. The van der Waals surface area contributed by atoms with E-state index in [0.717, 1.165) is 6.42 Å². The van der Waals surface area contributed by atoms with Gasteiger partial charge >= 0.3 is 6.09 Å². The van der Waals surface area contributed by atoms with Gasteiger partial charge in [0, 0.05) is 0 Å². The quantitative estimate of drug-likeness (QED) is 0.749. The molecule has 4 heteroatoms. The summed E-state index contributed by atoms with van der Waals surface area (Å²) in [6.45, 7) is 16.7. The summed E-state index contributed by atoms with van der Waals surface area (Å²) in [4.78, 5) is 14.8. The van der Waals surface area contributed by atoms with E-state index in [1.165, 1.54) is 0 Å². The van der Waals surface area contributed by atoms with Gasteiger partial charge in [0.1, 0.15) is 11.6 Å². The van der Waals surface area contributed by atoms with E-state index in [2.05, 4.69) is 24.0 Å². The van der Waals surface area contributed by atoms with Gasteiger partial charge in [-0.15, -0.1) is 0 Å². The zero-order valence-electron chi connectivity index (χ0n) is 10.8. The third-order valence-corrected chi connectivity index (χ3v) is 1.79. The number of nitrogens with one attached hydrogen (secondary N) is 1. The van der Waals surface area contributed by atoms with Crippen molar-refractivity contribution in [3.8, 4) is 0 Å². The zero-order chi connectivity index (χ0) is 12.8. The highest BCUT2D eigenvalue weighted by Gasteiger charge is 2.21. The third-order valence-electron chi connectivity index (χ3n) is 1.79. The molecule has 0 unspecified atom stereocenters. The fourth-order valence-corrected chi connectivity index (χ4v) is 1.33. The average molecular weight is 226 g/mol. The van der Waals surface area contributed by atoms with Gasteiger partial charge in [0.05, 0.1) is 0 Å². The lowest BCUT2D eigenvalue weighted by atomic mass is 10.0. The van der Waals surface area contributed by atoms with Crippen LogP contribution in [0.2, 0.25) is 0 Å². The van der Waals surface area contributed by atoms with Crippen LogP contribution in [0.4, 0.5) is 4.79 Å². The Kier molecular flexibility index (Phi) is 5.87. The molecule has 1 amide bonds. The smallest absolute Gasteiger partial charge is 0.408 e. The monoisotopic (exact) mass is 226 g/mol. The van der Waals surface area contributed by atoms with Crippen LogP contribution in [0.5, 0.6) is 0 Å². The molecular formula is C12H22N2O2. The zero-order valence-corrected chi connectivity index (χ0v) is 10.8. The van der Waals surface area contributed by atoms with Gasteiger partial charge in [0.25, 0.3) is 0 Å². The first-order chi connectivity index (χ1) is 7.24. The van der Waals surface area contributed by atoms with Gasteiger partial charge in [0.2, 0.25) is 6.54 Å². The summed E-state index contributed by atoms with van der Waals surface area (Å²) < 4.78 is 5.14. The van der Waals surface area contributed by atoms with Crippen molar-refractivity contribution in [2.75, 3.05) is 6.54 Å². The van der Waals surface area contributed by atoms with Crippen molar-refractivity contribution in [2.45, 2.75) is 52.7 Å². The minimum absolute atomic E-state index is 0.118. The minimum Gasteiger partial charge on any atom is -0.444 e. The van der Waals surface area contributed by atoms with Gasteiger partial charge < -0.3 is 14.9 Å². The molecule has 1 N–H and O–H groups in total. The van der Waals surface area contributed by atoms with Crippen molar-refractivity contribution in [3.63, 3.8) is 0 Å². The summed E-state index contributed by atoms with van der Waals surface area (Å²) >= 11 is 0.